The van der Waals surface area contributed by atoms with Crippen LogP contribution in [0.5, 0.6) is 0 Å². The van der Waals surface area contributed by atoms with E-state index < -0.39 is 21.2 Å². The molecule has 0 aromatic carbocycles. The number of halogens is 1. The first-order chi connectivity index (χ1) is 6.34. The summed E-state index contributed by atoms with van der Waals surface area (Å²) >= 11 is 4.68. The first kappa shape index (κ1) is 12.2. The molecule has 0 spiro atoms. The van der Waals surface area contributed by atoms with Crippen molar-refractivity contribution in [3.63, 3.8) is 0 Å². The maximum Gasteiger partial charge on any atom is 0.152 e. The number of hydrogen-bond acceptors (Lipinski definition) is 4. The van der Waals surface area contributed by atoms with Crippen molar-refractivity contribution in [1.29, 1.82) is 0 Å². The van der Waals surface area contributed by atoms with E-state index in [1.165, 1.54) is 18.3 Å². The highest BCUT2D eigenvalue weighted by Gasteiger charge is 2.27. The average Bonchev–Trinajstić information content (AvgIpc) is 2.47. The smallest absolute Gasteiger partial charge is 0.152 e. The maximum absolute atomic E-state index is 11.2. The summed E-state index contributed by atoms with van der Waals surface area (Å²) in [6.07, 6.45) is 0.159. The Hall–Kier alpha value is 0.0900. The van der Waals surface area contributed by atoms with Gasteiger partial charge in [-0.15, -0.1) is 0 Å². The van der Waals surface area contributed by atoms with Crippen LogP contribution in [0.1, 0.15) is 18.6 Å². The molecule has 3 nitrogen and oxygen atoms in total. The lowest BCUT2D eigenvalue weighted by Crippen LogP contribution is -2.24. The van der Waals surface area contributed by atoms with E-state index in [9.17, 15) is 13.5 Å². The van der Waals surface area contributed by atoms with Crippen LogP contribution in [0.4, 0.5) is 0 Å². The van der Waals surface area contributed by atoms with Crippen LogP contribution in [0.2, 0.25) is 0 Å². The number of aliphatic hydroxyl groups is 1. The standard InChI is InChI=1S/C8H11BrO3S2/c1-5(14(2,11)12)8(10)6-3-13-4-7(6)9/h3-5,8,10H,1-2H3. The summed E-state index contributed by atoms with van der Waals surface area (Å²) in [5.74, 6) is 0. The summed E-state index contributed by atoms with van der Waals surface area (Å²) < 4.78 is 23.2. The average molecular weight is 299 g/mol. The van der Waals surface area contributed by atoms with Crippen LogP contribution >= 0.6 is 27.3 Å². The van der Waals surface area contributed by atoms with Crippen molar-refractivity contribution in [2.24, 2.45) is 0 Å². The molecule has 0 bridgehead atoms. The molecule has 0 radical (unpaired) electrons. The molecule has 1 N–H and O–H groups in total. The number of aliphatic hydroxyl groups excluding tert-OH is 1. The Bertz CT molecular complexity index is 410. The molecule has 0 fully saturated rings. The zero-order valence-corrected chi connectivity index (χ0v) is 11.0. The molecule has 14 heavy (non-hydrogen) atoms. The van der Waals surface area contributed by atoms with E-state index in [4.69, 9.17) is 0 Å². The molecule has 0 saturated heterocycles. The van der Waals surface area contributed by atoms with Gasteiger partial charge in [-0.1, -0.05) is 0 Å². The van der Waals surface area contributed by atoms with Gasteiger partial charge in [0, 0.05) is 21.7 Å². The minimum absolute atomic E-state index is 0.632. The van der Waals surface area contributed by atoms with Crippen LogP contribution in [0.3, 0.4) is 0 Å². The van der Waals surface area contributed by atoms with Crippen molar-refractivity contribution in [3.8, 4) is 0 Å². The Balaban J connectivity index is 2.97. The van der Waals surface area contributed by atoms with Gasteiger partial charge in [0.25, 0.3) is 0 Å². The summed E-state index contributed by atoms with van der Waals surface area (Å²) in [5.41, 5.74) is 0.632. The van der Waals surface area contributed by atoms with Gasteiger partial charge in [-0.2, -0.15) is 11.3 Å². The topological polar surface area (TPSA) is 54.4 Å². The normalized spacial score (nSPS) is 16.6. The Morgan fingerprint density at radius 1 is 1.50 bits per heavy atom. The quantitative estimate of drug-likeness (QED) is 0.928. The fraction of sp³-hybridized carbons (Fsp3) is 0.500. The molecule has 0 saturated carbocycles. The minimum atomic E-state index is -3.21. The van der Waals surface area contributed by atoms with Crippen LogP contribution in [0.25, 0.3) is 0 Å². The first-order valence-electron chi connectivity index (χ1n) is 3.92. The molecule has 1 heterocycles. The fourth-order valence-electron chi connectivity index (χ4n) is 0.989. The van der Waals surface area contributed by atoms with Gasteiger partial charge in [-0.05, 0) is 28.2 Å². The lowest BCUT2D eigenvalue weighted by molar-refractivity contribution is 0.176. The van der Waals surface area contributed by atoms with Gasteiger partial charge in [0.1, 0.15) is 0 Å². The highest BCUT2D eigenvalue weighted by atomic mass is 79.9. The molecule has 0 aliphatic heterocycles. The Morgan fingerprint density at radius 2 is 2.07 bits per heavy atom. The van der Waals surface area contributed by atoms with Gasteiger partial charge < -0.3 is 5.11 Å². The van der Waals surface area contributed by atoms with E-state index in [-0.39, 0.29) is 0 Å². The summed E-state index contributed by atoms with van der Waals surface area (Å²) in [4.78, 5) is 0. The van der Waals surface area contributed by atoms with Crippen molar-refractivity contribution >= 4 is 37.1 Å². The molecular weight excluding hydrogens is 288 g/mol. The van der Waals surface area contributed by atoms with Crippen molar-refractivity contribution in [2.75, 3.05) is 6.26 Å². The molecule has 1 aromatic heterocycles. The molecule has 80 valence electrons. The van der Waals surface area contributed by atoms with E-state index in [0.29, 0.717) is 5.56 Å². The monoisotopic (exact) mass is 298 g/mol. The fourth-order valence-corrected chi connectivity index (χ4v) is 3.17. The van der Waals surface area contributed by atoms with Crippen molar-refractivity contribution in [2.45, 2.75) is 18.3 Å². The molecule has 0 aliphatic rings. The molecule has 2 atom stereocenters. The van der Waals surface area contributed by atoms with Crippen molar-refractivity contribution in [3.05, 3.63) is 20.8 Å². The zero-order valence-electron chi connectivity index (χ0n) is 7.77. The van der Waals surface area contributed by atoms with E-state index >= 15 is 0 Å². The van der Waals surface area contributed by atoms with Crippen LogP contribution in [0.15, 0.2) is 15.2 Å². The number of sulfone groups is 1. The summed E-state index contributed by atoms with van der Waals surface area (Å²) in [6.45, 7) is 1.50. The molecular formula is C8H11BrO3S2. The number of hydrogen-bond donors (Lipinski definition) is 1. The Morgan fingerprint density at radius 3 is 2.43 bits per heavy atom. The Labute approximate surface area is 95.8 Å². The predicted molar refractivity (Wildman–Crippen MR) is 61.3 cm³/mol. The van der Waals surface area contributed by atoms with Gasteiger partial charge in [-0.25, -0.2) is 8.42 Å². The van der Waals surface area contributed by atoms with E-state index in [2.05, 4.69) is 15.9 Å². The van der Waals surface area contributed by atoms with Gasteiger partial charge in [0.15, 0.2) is 9.84 Å². The van der Waals surface area contributed by atoms with Gasteiger partial charge in [-0.3, -0.25) is 0 Å². The largest absolute Gasteiger partial charge is 0.387 e. The van der Waals surface area contributed by atoms with Crippen molar-refractivity contribution in [1.82, 2.24) is 0 Å². The maximum atomic E-state index is 11.2. The van der Waals surface area contributed by atoms with Crippen LogP contribution in [-0.2, 0) is 9.84 Å². The Kier molecular flexibility index (Phi) is 3.74. The zero-order chi connectivity index (χ0) is 10.9. The van der Waals surface area contributed by atoms with Gasteiger partial charge in [0.05, 0.1) is 11.4 Å². The third-order valence-corrected chi connectivity index (χ3v) is 5.44. The number of thiophene rings is 1. The molecule has 0 amide bonds. The predicted octanol–water partition coefficient (Wildman–Crippen LogP) is 1.98. The highest BCUT2D eigenvalue weighted by molar-refractivity contribution is 9.10. The van der Waals surface area contributed by atoms with Crippen molar-refractivity contribution < 1.29 is 13.5 Å². The lowest BCUT2D eigenvalue weighted by atomic mass is 10.1. The summed E-state index contributed by atoms with van der Waals surface area (Å²) in [6, 6.07) is 0. The van der Waals surface area contributed by atoms with Gasteiger partial charge in [0.2, 0.25) is 0 Å². The third kappa shape index (κ3) is 2.56. The van der Waals surface area contributed by atoms with Gasteiger partial charge >= 0.3 is 0 Å². The highest BCUT2D eigenvalue weighted by Crippen LogP contribution is 2.31. The molecule has 1 aromatic rings. The van der Waals surface area contributed by atoms with E-state index in [0.717, 1.165) is 10.7 Å². The van der Waals surface area contributed by atoms with E-state index in [1.807, 2.05) is 5.38 Å². The lowest BCUT2D eigenvalue weighted by Gasteiger charge is -2.16. The molecule has 2 unspecified atom stereocenters. The first-order valence-corrected chi connectivity index (χ1v) is 7.61. The molecule has 0 aliphatic carbocycles. The second kappa shape index (κ2) is 4.30. The summed E-state index contributed by atoms with van der Waals surface area (Å²) in [7, 11) is -3.21. The minimum Gasteiger partial charge on any atom is -0.387 e. The van der Waals surface area contributed by atoms with Crippen LogP contribution < -0.4 is 0 Å². The van der Waals surface area contributed by atoms with Crippen LogP contribution in [0, 0.1) is 0 Å². The van der Waals surface area contributed by atoms with E-state index in [1.54, 1.807) is 5.38 Å². The number of rotatable bonds is 3. The molecule has 1 rings (SSSR count). The van der Waals surface area contributed by atoms with Crippen LogP contribution in [-0.4, -0.2) is 25.0 Å². The third-order valence-electron chi connectivity index (χ3n) is 2.08. The second-order valence-corrected chi connectivity index (χ2v) is 7.16. The SMILES string of the molecule is CC(C(O)c1cscc1Br)S(C)(=O)=O. The second-order valence-electron chi connectivity index (χ2n) is 3.15. The molecule has 6 heteroatoms. The summed E-state index contributed by atoms with van der Waals surface area (Å²) in [5, 5.41) is 12.6.